The molecule has 3 aromatic rings. The number of nitrogens with zero attached hydrogens (tertiary/aromatic N) is 2. The van der Waals surface area contributed by atoms with Crippen molar-refractivity contribution in [2.75, 3.05) is 39.9 Å². The van der Waals surface area contributed by atoms with Crippen molar-refractivity contribution in [3.63, 3.8) is 0 Å². The van der Waals surface area contributed by atoms with E-state index in [1.807, 2.05) is 63.4 Å². The predicted molar refractivity (Wildman–Crippen MR) is 229 cm³/mol. The van der Waals surface area contributed by atoms with Gasteiger partial charge in [0.1, 0.15) is 28.9 Å². The minimum atomic E-state index is -1.37. The zero-order chi connectivity index (χ0) is 41.7. The first-order valence-electron chi connectivity index (χ1n) is 20.8. The van der Waals surface area contributed by atoms with Crippen LogP contribution in [0, 0.1) is 17.8 Å². The van der Waals surface area contributed by atoms with Crippen LogP contribution in [0.2, 0.25) is 0 Å². The summed E-state index contributed by atoms with van der Waals surface area (Å²) in [4.78, 5) is 23.8. The Morgan fingerprint density at radius 3 is 2.39 bits per heavy atom. The number of oxime groups is 1. The highest BCUT2D eigenvalue weighted by molar-refractivity contribution is 7.98. The zero-order valence-electron chi connectivity index (χ0n) is 34.9. The molecule has 4 aliphatic rings. The molecule has 1 saturated carbocycles. The first kappa shape index (κ1) is 42.6. The molecule has 0 bridgehead atoms. The first-order chi connectivity index (χ1) is 28.5. The van der Waals surface area contributed by atoms with Crippen LogP contribution in [0.4, 0.5) is 0 Å². The van der Waals surface area contributed by atoms with E-state index in [1.165, 1.54) is 0 Å². The number of likely N-dealkylation sites (N-methyl/N-ethyl adjacent to an activating group) is 1. The van der Waals surface area contributed by atoms with Gasteiger partial charge in [-0.1, -0.05) is 30.1 Å². The number of unbranched alkanes of at least 4 members (excludes halogenated alkanes) is 2. The van der Waals surface area contributed by atoms with Crippen molar-refractivity contribution in [3.05, 3.63) is 96.1 Å². The van der Waals surface area contributed by atoms with Crippen molar-refractivity contribution in [1.29, 1.82) is 0 Å². The van der Waals surface area contributed by atoms with Crippen LogP contribution in [0.5, 0.6) is 28.7 Å². The standard InChI is InChI=1S/C47H58N2O9S/c1-7-24-55-47-42(49(5)45(52)31-14-20-40-41(26-31)54-29-53-40)28-38(48-58-46(2,3)4)36-25-30(12-8-10-22-50)35(13-9-11-23-51)43(44(36)47)37-27-33(17-21-39(37)57-47)56-32-15-18-34(59-6)19-16-32/h7,14-21,25-27,30,35,42-44,50-51H,1,8-13,22-24,28-29H2,2-6H3/t30-,35+,42-,43+,44+,47+/m0/s1. The molecule has 316 valence electrons. The molecular formula is C47H58N2O9S. The van der Waals surface area contributed by atoms with Crippen molar-refractivity contribution in [1.82, 2.24) is 4.90 Å². The van der Waals surface area contributed by atoms with Crippen molar-refractivity contribution in [2.24, 2.45) is 22.9 Å². The maximum Gasteiger partial charge on any atom is 0.254 e. The van der Waals surface area contributed by atoms with Gasteiger partial charge in [-0.15, -0.1) is 18.3 Å². The van der Waals surface area contributed by atoms with Crippen molar-refractivity contribution < 1.29 is 43.5 Å². The molecule has 1 fully saturated rings. The van der Waals surface area contributed by atoms with Gasteiger partial charge in [-0.05, 0) is 131 Å². The lowest BCUT2D eigenvalue weighted by molar-refractivity contribution is -0.252. The molecule has 1 amide bonds. The maximum absolute atomic E-state index is 14.7. The van der Waals surface area contributed by atoms with Crippen molar-refractivity contribution in [2.45, 2.75) is 94.0 Å². The van der Waals surface area contributed by atoms with E-state index in [0.717, 1.165) is 53.2 Å². The van der Waals surface area contributed by atoms with E-state index in [0.29, 0.717) is 41.4 Å². The molecule has 0 radical (unpaired) electrons. The number of carbonyl (C=O) groups is 1. The van der Waals surface area contributed by atoms with Gasteiger partial charge in [0, 0.05) is 48.6 Å². The second-order valence-corrected chi connectivity index (χ2v) is 17.6. The number of thioether (sulfide) groups is 1. The summed E-state index contributed by atoms with van der Waals surface area (Å²) in [7, 11) is 1.79. The number of carbonyl (C=O) groups excluding carboxylic acids is 1. The highest BCUT2D eigenvalue weighted by Gasteiger charge is 2.65. The third kappa shape index (κ3) is 9.01. The van der Waals surface area contributed by atoms with Crippen LogP contribution in [-0.2, 0) is 9.57 Å². The van der Waals surface area contributed by atoms with Gasteiger partial charge in [-0.25, -0.2) is 0 Å². The summed E-state index contributed by atoms with van der Waals surface area (Å²) >= 11 is 1.68. The van der Waals surface area contributed by atoms with Gasteiger partial charge in [-0.2, -0.15) is 0 Å². The highest BCUT2D eigenvalue weighted by Crippen LogP contribution is 2.62. The van der Waals surface area contributed by atoms with E-state index in [-0.39, 0.29) is 56.7 Å². The Kier molecular flexibility index (Phi) is 13.3. The summed E-state index contributed by atoms with van der Waals surface area (Å²) in [5.74, 6) is 1.12. The lowest BCUT2D eigenvalue weighted by atomic mass is 9.55. The molecule has 0 spiro atoms. The van der Waals surface area contributed by atoms with Crippen molar-refractivity contribution >= 4 is 23.4 Å². The van der Waals surface area contributed by atoms with Gasteiger partial charge < -0.3 is 43.6 Å². The second-order valence-electron chi connectivity index (χ2n) is 16.7. The van der Waals surface area contributed by atoms with E-state index in [4.69, 9.17) is 33.7 Å². The van der Waals surface area contributed by atoms with Crippen LogP contribution in [0.25, 0.3) is 0 Å². The number of benzene rings is 3. The van der Waals surface area contributed by atoms with Crippen LogP contribution in [0.15, 0.2) is 95.0 Å². The number of hydrogen-bond acceptors (Lipinski definition) is 11. The normalized spacial score (nSPS) is 24.7. The number of aliphatic hydroxyl groups is 2. The third-order valence-electron chi connectivity index (χ3n) is 11.8. The molecule has 11 nitrogen and oxygen atoms in total. The number of rotatable bonds is 17. The monoisotopic (exact) mass is 826 g/mol. The molecule has 2 N–H and O–H groups in total. The molecule has 7 rings (SSSR count). The van der Waals surface area contributed by atoms with Gasteiger partial charge in [0.25, 0.3) is 5.91 Å². The van der Waals surface area contributed by atoms with Crippen LogP contribution in [0.1, 0.15) is 87.6 Å². The Morgan fingerprint density at radius 1 is 0.966 bits per heavy atom. The number of ether oxygens (including phenoxy) is 5. The van der Waals surface area contributed by atoms with Gasteiger partial charge in [-0.3, -0.25) is 4.79 Å². The fourth-order valence-electron chi connectivity index (χ4n) is 9.14. The van der Waals surface area contributed by atoms with Gasteiger partial charge >= 0.3 is 0 Å². The van der Waals surface area contributed by atoms with E-state index < -0.39 is 23.3 Å². The summed E-state index contributed by atoms with van der Waals surface area (Å²) in [5, 5.41) is 24.7. The van der Waals surface area contributed by atoms with Gasteiger partial charge in [0.05, 0.1) is 18.2 Å². The van der Waals surface area contributed by atoms with E-state index in [2.05, 4.69) is 18.7 Å². The molecule has 3 aromatic carbocycles. The SMILES string of the molecule is C=CCO[C@@]12Oc3ccc(Oc4ccc(SC)cc4)cc3[C@H]3[C@H](CCCCO)[C@@H](CCCCO)C=C(C(=NOC(C)(C)C)C[C@@H]1N(C)C(=O)c1ccc4c(c1)OCO4)[C@H]32. The van der Waals surface area contributed by atoms with Crippen LogP contribution < -0.4 is 18.9 Å². The molecule has 12 heteroatoms. The summed E-state index contributed by atoms with van der Waals surface area (Å²) in [6.07, 6.45) is 11.1. The number of amides is 1. The number of fused-ring (bicyclic) bond motifs is 3. The van der Waals surface area contributed by atoms with Crippen LogP contribution >= 0.6 is 11.8 Å². The minimum Gasteiger partial charge on any atom is -0.459 e. The molecule has 2 aliphatic carbocycles. The Hall–Kier alpha value is -4.49. The van der Waals surface area contributed by atoms with E-state index >= 15 is 0 Å². The quantitative estimate of drug-likeness (QED) is 0.0589. The van der Waals surface area contributed by atoms with Crippen LogP contribution in [-0.4, -0.2) is 84.1 Å². The molecule has 2 heterocycles. The smallest absolute Gasteiger partial charge is 0.254 e. The summed E-state index contributed by atoms with van der Waals surface area (Å²) in [6.45, 7) is 10.4. The second kappa shape index (κ2) is 18.4. The Labute approximate surface area is 352 Å². The lowest BCUT2D eigenvalue weighted by Crippen LogP contribution is -2.69. The Morgan fingerprint density at radius 2 is 1.68 bits per heavy atom. The maximum atomic E-state index is 14.7. The summed E-state index contributed by atoms with van der Waals surface area (Å²) in [6, 6.07) is 18.6. The number of hydrogen-bond donors (Lipinski definition) is 2. The van der Waals surface area contributed by atoms with E-state index in [1.54, 1.807) is 48.0 Å². The van der Waals surface area contributed by atoms with Crippen molar-refractivity contribution in [3.8, 4) is 28.7 Å². The molecule has 6 atom stereocenters. The van der Waals surface area contributed by atoms with Crippen LogP contribution in [0.3, 0.4) is 0 Å². The van der Waals surface area contributed by atoms with Gasteiger partial charge in [0.15, 0.2) is 11.5 Å². The highest BCUT2D eigenvalue weighted by atomic mass is 32.2. The van der Waals surface area contributed by atoms with Gasteiger partial charge in [0.2, 0.25) is 12.6 Å². The number of allylic oxidation sites excluding steroid dienone is 1. The lowest BCUT2D eigenvalue weighted by Gasteiger charge is -2.59. The summed E-state index contributed by atoms with van der Waals surface area (Å²) < 4.78 is 32.1. The largest absolute Gasteiger partial charge is 0.459 e. The fourth-order valence-corrected chi connectivity index (χ4v) is 9.55. The molecule has 0 saturated heterocycles. The fraction of sp³-hybridized carbons (Fsp3) is 0.489. The molecule has 2 aliphatic heterocycles. The average Bonchev–Trinajstić information content (AvgIpc) is 3.71. The minimum absolute atomic E-state index is 0.0814. The molecular weight excluding hydrogens is 769 g/mol. The zero-order valence-corrected chi connectivity index (χ0v) is 35.7. The number of aliphatic hydroxyl groups excluding tert-OH is 2. The average molecular weight is 827 g/mol. The third-order valence-corrected chi connectivity index (χ3v) is 12.5. The molecule has 59 heavy (non-hydrogen) atoms. The van der Waals surface area contributed by atoms with E-state index in [9.17, 15) is 15.0 Å². The molecule has 0 unspecified atom stereocenters. The Bertz CT molecular complexity index is 2030. The first-order valence-corrected chi connectivity index (χ1v) is 22.0. The summed E-state index contributed by atoms with van der Waals surface area (Å²) in [5.41, 5.74) is 2.55. The molecule has 0 aromatic heterocycles. The topological polar surface area (TPSA) is 129 Å². The Balaban J connectivity index is 1.42. The predicted octanol–water partition coefficient (Wildman–Crippen LogP) is 9.13.